The van der Waals surface area contributed by atoms with Crippen molar-refractivity contribution < 1.29 is 24.2 Å². The summed E-state index contributed by atoms with van der Waals surface area (Å²) in [6.45, 7) is 5.89. The van der Waals surface area contributed by atoms with E-state index in [2.05, 4.69) is 32.3 Å². The summed E-state index contributed by atoms with van der Waals surface area (Å²) in [6.07, 6.45) is -0.850. The minimum atomic E-state index is -1.35. The van der Waals surface area contributed by atoms with Crippen molar-refractivity contribution in [3.05, 3.63) is 15.0 Å². The molecular formula is C16H21BrN4O5S. The quantitative estimate of drug-likeness (QED) is 0.684. The molecular weight excluding hydrogens is 440 g/mol. The van der Waals surface area contributed by atoms with Gasteiger partial charge in [-0.1, -0.05) is 0 Å². The van der Waals surface area contributed by atoms with Crippen LogP contribution in [0.4, 0.5) is 4.79 Å². The third-order valence-corrected chi connectivity index (χ3v) is 5.30. The van der Waals surface area contributed by atoms with E-state index < -0.39 is 35.8 Å². The average molecular weight is 461 g/mol. The Balaban J connectivity index is 2.38. The highest BCUT2D eigenvalue weighted by Crippen LogP contribution is 2.32. The first-order valence-electron chi connectivity index (χ1n) is 8.18. The van der Waals surface area contributed by atoms with E-state index in [1.165, 1.54) is 11.3 Å². The summed E-state index contributed by atoms with van der Waals surface area (Å²) in [5.41, 5.74) is -0.777. The Morgan fingerprint density at radius 1 is 1.59 bits per heavy atom. The van der Waals surface area contributed by atoms with Crippen LogP contribution in [0.3, 0.4) is 0 Å². The number of rotatable bonds is 5. The molecule has 2 rings (SSSR count). The van der Waals surface area contributed by atoms with Crippen molar-refractivity contribution in [1.82, 2.24) is 15.2 Å². The number of aromatic nitrogens is 1. The lowest BCUT2D eigenvalue weighted by Gasteiger charge is -2.39. The zero-order valence-electron chi connectivity index (χ0n) is 15.1. The van der Waals surface area contributed by atoms with Crippen LogP contribution in [-0.2, 0) is 14.3 Å². The van der Waals surface area contributed by atoms with Crippen LogP contribution in [0.5, 0.6) is 0 Å². The Morgan fingerprint density at radius 3 is 2.81 bits per heavy atom. The molecule has 0 aromatic carbocycles. The highest BCUT2D eigenvalue weighted by atomic mass is 79.9. The lowest BCUT2D eigenvalue weighted by molar-refractivity contribution is -0.142. The first-order valence-corrected chi connectivity index (χ1v) is 9.86. The number of nitrogens with one attached hydrogen (secondary N) is 1. The molecule has 1 amide bonds. The first-order chi connectivity index (χ1) is 12.6. The van der Waals surface area contributed by atoms with Crippen LogP contribution in [0.2, 0.25) is 0 Å². The van der Waals surface area contributed by atoms with Gasteiger partial charge in [0.2, 0.25) is 0 Å². The van der Waals surface area contributed by atoms with Crippen LogP contribution in [0.15, 0.2) is 9.98 Å². The third-order valence-electron chi connectivity index (χ3n) is 3.68. The van der Waals surface area contributed by atoms with Gasteiger partial charge in [0, 0.05) is 11.9 Å². The highest BCUT2D eigenvalue weighted by Gasteiger charge is 2.42. The molecule has 3 atom stereocenters. The summed E-state index contributed by atoms with van der Waals surface area (Å²) in [7, 11) is 0. The molecule has 0 spiro atoms. The SMILES string of the molecule is CC(C)(C)OC(=O)N[C@H](C(=O)O)[C@@H](c1nc(Br)cs1)N1CCOC[C@@H]1C#N. The lowest BCUT2D eigenvalue weighted by atomic mass is 10.0. The standard InChI is InChI=1S/C16H21BrN4O5S/c1-16(2,3)26-15(24)20-11(14(22)23)12(13-19-10(17)8-27-13)21-4-5-25-7-9(21)6-18/h8-9,11-12H,4-5,7H2,1-3H3,(H,20,24)(H,22,23)/t9-,11-,12-/m0/s1. The van der Waals surface area contributed by atoms with Gasteiger partial charge in [0.1, 0.15) is 21.3 Å². The molecule has 1 saturated heterocycles. The molecule has 1 aliphatic heterocycles. The maximum atomic E-state index is 12.2. The monoisotopic (exact) mass is 460 g/mol. The number of ether oxygens (including phenoxy) is 2. The number of hydrogen-bond acceptors (Lipinski definition) is 8. The molecule has 0 saturated carbocycles. The van der Waals surface area contributed by atoms with Gasteiger partial charge in [-0.05, 0) is 36.7 Å². The Bertz CT molecular complexity index is 729. The third kappa shape index (κ3) is 5.87. The Labute approximate surface area is 169 Å². The van der Waals surface area contributed by atoms with Gasteiger partial charge in [-0.15, -0.1) is 11.3 Å². The van der Waals surface area contributed by atoms with Gasteiger partial charge in [0.15, 0.2) is 6.04 Å². The fraction of sp³-hybridized carbons (Fsp3) is 0.625. The molecule has 1 fully saturated rings. The molecule has 148 valence electrons. The van der Waals surface area contributed by atoms with Gasteiger partial charge in [-0.2, -0.15) is 5.26 Å². The number of alkyl carbamates (subject to hydrolysis) is 1. The summed E-state index contributed by atoms with van der Waals surface area (Å²) < 4.78 is 11.1. The van der Waals surface area contributed by atoms with E-state index in [1.807, 2.05) is 0 Å². The molecule has 2 N–H and O–H groups in total. The molecule has 9 nitrogen and oxygen atoms in total. The maximum absolute atomic E-state index is 12.2. The van der Waals surface area contributed by atoms with E-state index in [9.17, 15) is 20.0 Å². The van der Waals surface area contributed by atoms with E-state index in [1.54, 1.807) is 31.1 Å². The van der Waals surface area contributed by atoms with E-state index in [-0.39, 0.29) is 6.61 Å². The number of aliphatic carboxylic acids is 1. The van der Waals surface area contributed by atoms with Crippen LogP contribution in [-0.4, -0.2) is 64.5 Å². The summed E-state index contributed by atoms with van der Waals surface area (Å²) in [4.78, 5) is 30.3. The summed E-state index contributed by atoms with van der Waals surface area (Å²) >= 11 is 4.51. The van der Waals surface area contributed by atoms with Gasteiger partial charge >= 0.3 is 12.1 Å². The minimum absolute atomic E-state index is 0.151. The maximum Gasteiger partial charge on any atom is 0.408 e. The second-order valence-electron chi connectivity index (χ2n) is 6.87. The van der Waals surface area contributed by atoms with Gasteiger partial charge in [-0.3, -0.25) is 4.90 Å². The number of halogens is 1. The fourth-order valence-corrected chi connectivity index (χ4v) is 4.07. The van der Waals surface area contributed by atoms with Crippen LogP contribution in [0, 0.1) is 11.3 Å². The van der Waals surface area contributed by atoms with E-state index in [0.29, 0.717) is 22.8 Å². The van der Waals surface area contributed by atoms with Crippen molar-refractivity contribution in [1.29, 1.82) is 5.26 Å². The predicted molar refractivity (Wildman–Crippen MR) is 100 cm³/mol. The normalized spacial score (nSPS) is 20.3. The predicted octanol–water partition coefficient (Wildman–Crippen LogP) is 2.15. The molecule has 0 radical (unpaired) electrons. The van der Waals surface area contributed by atoms with Gasteiger partial charge in [-0.25, -0.2) is 14.6 Å². The topological polar surface area (TPSA) is 125 Å². The first kappa shape index (κ1) is 21.6. The number of nitriles is 1. The number of thiazole rings is 1. The lowest BCUT2D eigenvalue weighted by Crippen LogP contribution is -2.56. The Morgan fingerprint density at radius 2 is 2.30 bits per heavy atom. The van der Waals surface area contributed by atoms with Crippen LogP contribution in [0.1, 0.15) is 31.8 Å². The number of nitrogens with zero attached hydrogens (tertiary/aromatic N) is 3. The molecule has 0 aliphatic carbocycles. The Kier molecular flexibility index (Phi) is 7.16. The number of carboxylic acids is 1. The zero-order chi connectivity index (χ0) is 20.2. The molecule has 1 aromatic rings. The van der Waals surface area contributed by atoms with E-state index >= 15 is 0 Å². The number of hydrogen-bond donors (Lipinski definition) is 2. The largest absolute Gasteiger partial charge is 0.480 e. The van der Waals surface area contributed by atoms with E-state index in [0.717, 1.165) is 0 Å². The van der Waals surface area contributed by atoms with Crippen molar-refractivity contribution in [2.24, 2.45) is 0 Å². The van der Waals surface area contributed by atoms with Crippen molar-refractivity contribution in [3.8, 4) is 6.07 Å². The van der Waals surface area contributed by atoms with Gasteiger partial charge in [0.05, 0.1) is 25.3 Å². The minimum Gasteiger partial charge on any atom is -0.480 e. The van der Waals surface area contributed by atoms with Crippen molar-refractivity contribution in [3.63, 3.8) is 0 Å². The number of carbonyl (C=O) groups is 2. The zero-order valence-corrected chi connectivity index (χ0v) is 17.5. The van der Waals surface area contributed by atoms with Crippen molar-refractivity contribution in [2.75, 3.05) is 19.8 Å². The molecule has 1 aromatic heterocycles. The van der Waals surface area contributed by atoms with Crippen molar-refractivity contribution >= 4 is 39.3 Å². The van der Waals surface area contributed by atoms with Gasteiger partial charge < -0.3 is 19.9 Å². The van der Waals surface area contributed by atoms with E-state index in [4.69, 9.17) is 9.47 Å². The smallest absolute Gasteiger partial charge is 0.408 e. The Hall–Kier alpha value is -1.74. The second kappa shape index (κ2) is 8.97. The summed E-state index contributed by atoms with van der Waals surface area (Å²) in [5.74, 6) is -1.25. The molecule has 11 heteroatoms. The molecule has 0 bridgehead atoms. The highest BCUT2D eigenvalue weighted by molar-refractivity contribution is 9.10. The van der Waals surface area contributed by atoms with Crippen LogP contribution < -0.4 is 5.32 Å². The molecule has 1 aliphatic rings. The van der Waals surface area contributed by atoms with Crippen molar-refractivity contribution in [2.45, 2.75) is 44.5 Å². The van der Waals surface area contributed by atoms with Gasteiger partial charge in [0.25, 0.3) is 0 Å². The fourth-order valence-electron chi connectivity index (χ4n) is 2.65. The number of morpholine rings is 1. The number of carbonyl (C=O) groups excluding carboxylic acids is 1. The number of amides is 1. The molecule has 0 unspecified atom stereocenters. The summed E-state index contributed by atoms with van der Waals surface area (Å²) in [6, 6.07) is -0.735. The molecule has 27 heavy (non-hydrogen) atoms. The molecule has 2 heterocycles. The second-order valence-corrected chi connectivity index (χ2v) is 8.58. The van der Waals surface area contributed by atoms with Crippen LogP contribution >= 0.6 is 27.3 Å². The van der Waals surface area contributed by atoms with Crippen LogP contribution in [0.25, 0.3) is 0 Å². The number of carboxylic acid groups (broad SMARTS) is 1. The summed E-state index contributed by atoms with van der Waals surface area (Å²) in [5, 5.41) is 23.9. The average Bonchev–Trinajstić information content (AvgIpc) is 2.99.